The summed E-state index contributed by atoms with van der Waals surface area (Å²) in [6.45, 7) is 4.62. The molecule has 1 fully saturated rings. The van der Waals surface area contributed by atoms with Crippen molar-refractivity contribution in [2.75, 3.05) is 18.6 Å². The average molecular weight is 363 g/mol. The molecular formula is C21H21N3O3. The lowest BCUT2D eigenvalue weighted by atomic mass is 10.1. The summed E-state index contributed by atoms with van der Waals surface area (Å²) in [5, 5.41) is 4.14. The molecule has 0 aliphatic carbocycles. The molecule has 0 radical (unpaired) electrons. The Labute approximate surface area is 157 Å². The first-order valence-corrected chi connectivity index (χ1v) is 8.91. The zero-order valence-corrected chi connectivity index (χ0v) is 15.6. The number of hydrogen-bond acceptors (Lipinski definition) is 5. The summed E-state index contributed by atoms with van der Waals surface area (Å²) in [6, 6.07) is 13.6. The van der Waals surface area contributed by atoms with Crippen molar-refractivity contribution in [3.8, 4) is 17.2 Å². The first kappa shape index (κ1) is 17.3. The average Bonchev–Trinajstić information content (AvgIpc) is 3.31. The van der Waals surface area contributed by atoms with Crippen LogP contribution in [0, 0.1) is 13.8 Å². The monoisotopic (exact) mass is 363 g/mol. The molecule has 6 heteroatoms. The van der Waals surface area contributed by atoms with E-state index in [1.165, 1.54) is 11.1 Å². The molecule has 3 aromatic rings. The number of methoxy groups -OCH3 is 1. The molecule has 1 saturated heterocycles. The number of rotatable bonds is 4. The number of aromatic nitrogens is 2. The smallest absolute Gasteiger partial charge is 0.257 e. The standard InChI is InChI=1S/C21H21N3O3/c1-13-8-9-15(10-14(13)2)21-22-20(23-27-21)16-11-19(25)24(12-16)17-6-4-5-7-18(17)26-3/h4-10,16H,11-12H2,1-3H3. The Hall–Kier alpha value is -3.15. The third-order valence-electron chi connectivity index (χ3n) is 5.06. The van der Waals surface area contributed by atoms with Crippen LogP contribution in [0.2, 0.25) is 0 Å². The van der Waals surface area contributed by atoms with Crippen LogP contribution in [0.4, 0.5) is 5.69 Å². The van der Waals surface area contributed by atoms with Gasteiger partial charge in [0.1, 0.15) is 5.75 Å². The fourth-order valence-electron chi connectivity index (χ4n) is 3.36. The molecule has 1 atom stereocenters. The van der Waals surface area contributed by atoms with Crippen molar-refractivity contribution in [1.29, 1.82) is 0 Å². The van der Waals surface area contributed by atoms with Crippen molar-refractivity contribution < 1.29 is 14.1 Å². The third-order valence-corrected chi connectivity index (χ3v) is 5.06. The van der Waals surface area contributed by atoms with Crippen LogP contribution in [-0.4, -0.2) is 29.7 Å². The van der Waals surface area contributed by atoms with Crippen LogP contribution in [0.15, 0.2) is 47.0 Å². The van der Waals surface area contributed by atoms with Gasteiger partial charge in [-0.25, -0.2) is 0 Å². The number of amides is 1. The van der Waals surface area contributed by atoms with Crippen LogP contribution < -0.4 is 9.64 Å². The maximum atomic E-state index is 12.6. The van der Waals surface area contributed by atoms with Gasteiger partial charge in [-0.1, -0.05) is 23.4 Å². The first-order valence-electron chi connectivity index (χ1n) is 8.91. The molecule has 1 aliphatic rings. The van der Waals surface area contributed by atoms with Crippen molar-refractivity contribution in [1.82, 2.24) is 10.1 Å². The van der Waals surface area contributed by atoms with Crippen LogP contribution in [-0.2, 0) is 4.79 Å². The Bertz CT molecular complexity index is 996. The van der Waals surface area contributed by atoms with Gasteiger partial charge >= 0.3 is 0 Å². The van der Waals surface area contributed by atoms with E-state index in [0.29, 0.717) is 30.4 Å². The van der Waals surface area contributed by atoms with Gasteiger partial charge in [-0.15, -0.1) is 0 Å². The predicted octanol–water partition coefficient (Wildman–Crippen LogP) is 3.88. The minimum absolute atomic E-state index is 0.0297. The first-order chi connectivity index (χ1) is 13.1. The Kier molecular flexibility index (Phi) is 4.39. The van der Waals surface area contributed by atoms with Gasteiger partial charge in [0.2, 0.25) is 5.91 Å². The molecule has 1 aromatic heterocycles. The Balaban J connectivity index is 1.58. The summed E-state index contributed by atoms with van der Waals surface area (Å²) < 4.78 is 10.8. The minimum Gasteiger partial charge on any atom is -0.495 e. The van der Waals surface area contributed by atoms with E-state index in [1.807, 2.05) is 42.5 Å². The van der Waals surface area contributed by atoms with E-state index < -0.39 is 0 Å². The number of benzene rings is 2. The minimum atomic E-state index is -0.105. The molecule has 138 valence electrons. The van der Waals surface area contributed by atoms with Crippen LogP contribution in [0.1, 0.15) is 29.3 Å². The highest BCUT2D eigenvalue weighted by Crippen LogP contribution is 2.36. The van der Waals surface area contributed by atoms with E-state index in [1.54, 1.807) is 12.0 Å². The number of para-hydroxylation sites is 2. The second kappa shape index (κ2) is 6.87. The molecule has 0 spiro atoms. The molecule has 1 amide bonds. The molecule has 2 aromatic carbocycles. The van der Waals surface area contributed by atoms with Crippen LogP contribution >= 0.6 is 0 Å². The largest absolute Gasteiger partial charge is 0.495 e. The number of ether oxygens (including phenoxy) is 1. The predicted molar refractivity (Wildman–Crippen MR) is 102 cm³/mol. The molecule has 0 N–H and O–H groups in total. The van der Waals surface area contributed by atoms with Crippen molar-refractivity contribution >= 4 is 11.6 Å². The number of nitrogens with zero attached hydrogens (tertiary/aromatic N) is 3. The van der Waals surface area contributed by atoms with E-state index in [4.69, 9.17) is 9.26 Å². The van der Waals surface area contributed by atoms with Crippen LogP contribution in [0.3, 0.4) is 0 Å². The fraction of sp³-hybridized carbons (Fsp3) is 0.286. The van der Waals surface area contributed by atoms with Gasteiger partial charge in [-0.2, -0.15) is 4.98 Å². The Morgan fingerprint density at radius 2 is 1.96 bits per heavy atom. The summed E-state index contributed by atoms with van der Waals surface area (Å²) in [7, 11) is 1.60. The molecular weight excluding hydrogens is 342 g/mol. The van der Waals surface area contributed by atoms with Gasteiger partial charge in [-0.05, 0) is 49.2 Å². The Morgan fingerprint density at radius 3 is 2.74 bits per heavy atom. The lowest BCUT2D eigenvalue weighted by molar-refractivity contribution is -0.117. The number of hydrogen-bond donors (Lipinski definition) is 0. The molecule has 1 aliphatic heterocycles. The zero-order valence-electron chi connectivity index (χ0n) is 15.6. The van der Waals surface area contributed by atoms with E-state index in [-0.39, 0.29) is 11.8 Å². The summed E-state index contributed by atoms with van der Waals surface area (Å²) >= 11 is 0. The zero-order chi connectivity index (χ0) is 19.0. The number of carbonyl (C=O) groups excluding carboxylic acids is 1. The van der Waals surface area contributed by atoms with E-state index in [9.17, 15) is 4.79 Å². The number of aryl methyl sites for hydroxylation is 2. The molecule has 27 heavy (non-hydrogen) atoms. The summed E-state index contributed by atoms with van der Waals surface area (Å²) in [5.74, 6) is 1.65. The van der Waals surface area contributed by atoms with Crippen LogP contribution in [0.5, 0.6) is 5.75 Å². The fourth-order valence-corrected chi connectivity index (χ4v) is 3.36. The topological polar surface area (TPSA) is 68.5 Å². The van der Waals surface area contributed by atoms with Gasteiger partial charge in [0.05, 0.1) is 12.8 Å². The van der Waals surface area contributed by atoms with Gasteiger partial charge in [-0.3, -0.25) is 4.79 Å². The number of anilines is 1. The van der Waals surface area contributed by atoms with Gasteiger partial charge in [0.25, 0.3) is 5.89 Å². The molecule has 6 nitrogen and oxygen atoms in total. The van der Waals surface area contributed by atoms with Crippen molar-refractivity contribution in [2.45, 2.75) is 26.2 Å². The van der Waals surface area contributed by atoms with Gasteiger partial charge in [0.15, 0.2) is 5.82 Å². The lowest BCUT2D eigenvalue weighted by Gasteiger charge is -2.18. The maximum Gasteiger partial charge on any atom is 0.257 e. The molecule has 0 saturated carbocycles. The normalized spacial score (nSPS) is 16.8. The summed E-state index contributed by atoms with van der Waals surface area (Å²) in [4.78, 5) is 18.9. The van der Waals surface area contributed by atoms with Crippen molar-refractivity contribution in [3.63, 3.8) is 0 Å². The van der Waals surface area contributed by atoms with Crippen LogP contribution in [0.25, 0.3) is 11.5 Å². The number of carbonyl (C=O) groups is 1. The highest BCUT2D eigenvalue weighted by molar-refractivity contribution is 5.97. The maximum absolute atomic E-state index is 12.6. The third kappa shape index (κ3) is 3.18. The quantitative estimate of drug-likeness (QED) is 0.703. The summed E-state index contributed by atoms with van der Waals surface area (Å²) in [6.07, 6.45) is 0.351. The van der Waals surface area contributed by atoms with Gasteiger partial charge in [0, 0.05) is 24.4 Å². The lowest BCUT2D eigenvalue weighted by Crippen LogP contribution is -2.24. The van der Waals surface area contributed by atoms with Gasteiger partial charge < -0.3 is 14.2 Å². The SMILES string of the molecule is COc1ccccc1N1CC(c2noc(-c3ccc(C)c(C)c3)n2)CC1=O. The van der Waals surface area contributed by atoms with Crippen molar-refractivity contribution in [2.24, 2.45) is 0 Å². The highest BCUT2D eigenvalue weighted by Gasteiger charge is 2.35. The van der Waals surface area contributed by atoms with E-state index >= 15 is 0 Å². The second-order valence-corrected chi connectivity index (χ2v) is 6.83. The molecule has 2 heterocycles. The van der Waals surface area contributed by atoms with Crippen molar-refractivity contribution in [3.05, 3.63) is 59.4 Å². The van der Waals surface area contributed by atoms with E-state index in [0.717, 1.165) is 11.3 Å². The van der Waals surface area contributed by atoms with E-state index in [2.05, 4.69) is 24.0 Å². The second-order valence-electron chi connectivity index (χ2n) is 6.83. The molecule has 4 rings (SSSR count). The summed E-state index contributed by atoms with van der Waals surface area (Å²) in [5.41, 5.74) is 4.05. The highest BCUT2D eigenvalue weighted by atomic mass is 16.5. The Morgan fingerprint density at radius 1 is 1.15 bits per heavy atom. The molecule has 0 bridgehead atoms. The molecule has 1 unspecified atom stereocenters.